The second-order valence-electron chi connectivity index (χ2n) is 10.1. The van der Waals surface area contributed by atoms with Crippen LogP contribution >= 0.6 is 15.9 Å². The lowest BCUT2D eigenvalue weighted by Crippen LogP contribution is -2.46. The molecule has 0 unspecified atom stereocenters. The number of H-pyrrole nitrogens is 1. The highest BCUT2D eigenvalue weighted by molar-refractivity contribution is 9.10. The Kier molecular flexibility index (Phi) is 7.76. The number of morpholine rings is 1. The van der Waals surface area contributed by atoms with E-state index in [1.54, 1.807) is 6.20 Å². The highest BCUT2D eigenvalue weighted by atomic mass is 79.9. The van der Waals surface area contributed by atoms with E-state index in [9.17, 15) is 13.2 Å². The van der Waals surface area contributed by atoms with Crippen LogP contribution in [-0.2, 0) is 24.0 Å². The predicted molar refractivity (Wildman–Crippen MR) is 150 cm³/mol. The van der Waals surface area contributed by atoms with E-state index in [1.807, 2.05) is 0 Å². The molecule has 0 atom stereocenters. The third-order valence-electron chi connectivity index (χ3n) is 7.39. The fraction of sp³-hybridized carbons (Fsp3) is 0.393. The molecular formula is C28H29BrF3N7O. The van der Waals surface area contributed by atoms with Gasteiger partial charge in [0.25, 0.3) is 0 Å². The van der Waals surface area contributed by atoms with E-state index in [0.717, 1.165) is 103 Å². The lowest BCUT2D eigenvalue weighted by molar-refractivity contribution is -0.141. The SMILES string of the molecule is FC(F)(F)c1ccc(CN2CCN(c3c(Br)cnc4[nH]c(-c5ccc(CN6CCOCC6)cc5)nc34)CC2)cn1. The summed E-state index contributed by atoms with van der Waals surface area (Å²) >= 11 is 3.68. The molecule has 6 rings (SSSR count). The van der Waals surface area contributed by atoms with Crippen molar-refractivity contribution in [1.82, 2.24) is 29.7 Å². The van der Waals surface area contributed by atoms with Crippen LogP contribution in [0, 0.1) is 0 Å². The zero-order chi connectivity index (χ0) is 27.7. The number of nitrogens with one attached hydrogen (secondary N) is 1. The van der Waals surface area contributed by atoms with E-state index in [1.165, 1.54) is 17.8 Å². The van der Waals surface area contributed by atoms with Crippen molar-refractivity contribution in [3.05, 3.63) is 70.1 Å². The van der Waals surface area contributed by atoms with E-state index in [-0.39, 0.29) is 0 Å². The molecule has 0 radical (unpaired) electrons. The van der Waals surface area contributed by atoms with Crippen LogP contribution in [-0.4, -0.2) is 82.2 Å². The van der Waals surface area contributed by atoms with Crippen LogP contribution in [0.2, 0.25) is 0 Å². The normalized spacial score (nSPS) is 17.6. The summed E-state index contributed by atoms with van der Waals surface area (Å²) in [4.78, 5) is 23.4. The highest BCUT2D eigenvalue weighted by Crippen LogP contribution is 2.34. The summed E-state index contributed by atoms with van der Waals surface area (Å²) in [5.41, 5.74) is 4.68. The molecule has 0 bridgehead atoms. The number of nitrogens with zero attached hydrogens (tertiary/aromatic N) is 6. The molecule has 0 aliphatic carbocycles. The van der Waals surface area contributed by atoms with Crippen LogP contribution in [0.1, 0.15) is 16.8 Å². The zero-order valence-corrected chi connectivity index (χ0v) is 23.4. The molecular weight excluding hydrogens is 587 g/mol. The molecule has 0 amide bonds. The van der Waals surface area contributed by atoms with Gasteiger partial charge in [0.15, 0.2) is 5.65 Å². The first-order valence-electron chi connectivity index (χ1n) is 13.3. The van der Waals surface area contributed by atoms with Crippen molar-refractivity contribution >= 4 is 32.8 Å². The number of benzene rings is 1. The molecule has 2 fully saturated rings. The van der Waals surface area contributed by atoms with Crippen LogP contribution in [0.25, 0.3) is 22.6 Å². The van der Waals surface area contributed by atoms with Crippen molar-refractivity contribution in [3.8, 4) is 11.4 Å². The van der Waals surface area contributed by atoms with Gasteiger partial charge in [-0.2, -0.15) is 13.2 Å². The van der Waals surface area contributed by atoms with E-state index in [4.69, 9.17) is 9.72 Å². The van der Waals surface area contributed by atoms with Crippen LogP contribution in [0.4, 0.5) is 18.9 Å². The number of pyridine rings is 2. The molecule has 5 heterocycles. The second kappa shape index (κ2) is 11.4. The first kappa shape index (κ1) is 27.1. The molecule has 2 aliphatic rings. The lowest BCUT2D eigenvalue weighted by atomic mass is 10.1. The minimum atomic E-state index is -4.42. The number of hydrogen-bond acceptors (Lipinski definition) is 7. The van der Waals surface area contributed by atoms with E-state index in [0.29, 0.717) is 6.54 Å². The zero-order valence-electron chi connectivity index (χ0n) is 21.8. The van der Waals surface area contributed by atoms with Gasteiger partial charge < -0.3 is 14.6 Å². The summed E-state index contributed by atoms with van der Waals surface area (Å²) in [5, 5.41) is 0. The van der Waals surface area contributed by atoms with Crippen molar-refractivity contribution in [2.45, 2.75) is 19.3 Å². The van der Waals surface area contributed by atoms with Gasteiger partial charge in [0, 0.05) is 70.3 Å². The number of hydrogen-bond donors (Lipinski definition) is 1. The third-order valence-corrected chi connectivity index (χ3v) is 7.97. The minimum absolute atomic E-state index is 0.556. The number of aromatic amines is 1. The Bertz CT molecular complexity index is 1450. The molecule has 210 valence electrons. The average molecular weight is 616 g/mol. The Morgan fingerprint density at radius 2 is 1.50 bits per heavy atom. The van der Waals surface area contributed by atoms with Crippen LogP contribution in [0.15, 0.2) is 53.3 Å². The Morgan fingerprint density at radius 3 is 2.17 bits per heavy atom. The summed E-state index contributed by atoms with van der Waals surface area (Å²) < 4.78 is 44.8. The smallest absolute Gasteiger partial charge is 0.379 e. The number of fused-ring (bicyclic) bond motifs is 1. The fourth-order valence-electron chi connectivity index (χ4n) is 5.21. The van der Waals surface area contributed by atoms with Gasteiger partial charge in [-0.15, -0.1) is 0 Å². The maximum absolute atomic E-state index is 12.8. The summed E-state index contributed by atoms with van der Waals surface area (Å²) in [7, 11) is 0. The van der Waals surface area contributed by atoms with Gasteiger partial charge in [0.1, 0.15) is 17.0 Å². The monoisotopic (exact) mass is 615 g/mol. The van der Waals surface area contributed by atoms with Gasteiger partial charge >= 0.3 is 6.18 Å². The minimum Gasteiger partial charge on any atom is -0.379 e. The second-order valence-corrected chi connectivity index (χ2v) is 11.0. The number of piperazine rings is 1. The van der Waals surface area contributed by atoms with Crippen molar-refractivity contribution < 1.29 is 17.9 Å². The van der Waals surface area contributed by atoms with Gasteiger partial charge in [0.05, 0.1) is 23.4 Å². The van der Waals surface area contributed by atoms with Gasteiger partial charge in [-0.05, 0) is 33.1 Å². The van der Waals surface area contributed by atoms with Crippen LogP contribution in [0.5, 0.6) is 0 Å². The van der Waals surface area contributed by atoms with Crippen molar-refractivity contribution in [2.24, 2.45) is 0 Å². The first-order valence-corrected chi connectivity index (χ1v) is 14.1. The summed E-state index contributed by atoms with van der Waals surface area (Å²) in [6.45, 7) is 7.97. The molecule has 1 aromatic carbocycles. The topological polar surface area (TPSA) is 73.4 Å². The number of rotatable bonds is 6. The predicted octanol–water partition coefficient (Wildman–Crippen LogP) is 4.96. The largest absolute Gasteiger partial charge is 0.433 e. The maximum Gasteiger partial charge on any atom is 0.433 e. The van der Waals surface area contributed by atoms with Crippen molar-refractivity contribution in [1.29, 1.82) is 0 Å². The number of imidazole rings is 1. The fourth-order valence-corrected chi connectivity index (χ4v) is 5.76. The van der Waals surface area contributed by atoms with Crippen LogP contribution in [0.3, 0.4) is 0 Å². The van der Waals surface area contributed by atoms with E-state index < -0.39 is 11.9 Å². The Hall–Kier alpha value is -3.06. The molecule has 4 aromatic rings. The maximum atomic E-state index is 12.8. The molecule has 0 saturated carbocycles. The van der Waals surface area contributed by atoms with E-state index >= 15 is 0 Å². The molecule has 3 aromatic heterocycles. The Labute approximate surface area is 238 Å². The molecule has 2 aliphatic heterocycles. The third kappa shape index (κ3) is 5.99. The number of alkyl halides is 3. The Balaban J connectivity index is 1.13. The Morgan fingerprint density at radius 1 is 0.825 bits per heavy atom. The molecule has 0 spiro atoms. The van der Waals surface area contributed by atoms with Gasteiger partial charge in [-0.1, -0.05) is 30.3 Å². The molecule has 40 heavy (non-hydrogen) atoms. The average Bonchev–Trinajstić information content (AvgIpc) is 3.39. The molecule has 2 saturated heterocycles. The highest BCUT2D eigenvalue weighted by Gasteiger charge is 2.32. The van der Waals surface area contributed by atoms with Gasteiger partial charge in [0.2, 0.25) is 0 Å². The van der Waals surface area contributed by atoms with Gasteiger partial charge in [-0.3, -0.25) is 14.8 Å². The van der Waals surface area contributed by atoms with Crippen molar-refractivity contribution in [2.75, 3.05) is 57.4 Å². The molecule has 1 N–H and O–H groups in total. The first-order chi connectivity index (χ1) is 19.3. The summed E-state index contributed by atoms with van der Waals surface area (Å²) in [6.07, 6.45) is -1.31. The number of ether oxygens (including phenoxy) is 1. The molecule has 8 nitrogen and oxygen atoms in total. The number of halogens is 4. The lowest BCUT2D eigenvalue weighted by Gasteiger charge is -2.36. The quantitative estimate of drug-likeness (QED) is 0.329. The van der Waals surface area contributed by atoms with Crippen molar-refractivity contribution in [3.63, 3.8) is 0 Å². The summed E-state index contributed by atoms with van der Waals surface area (Å²) in [5.74, 6) is 0.771. The van der Waals surface area contributed by atoms with Gasteiger partial charge in [-0.25, -0.2) is 9.97 Å². The molecule has 12 heteroatoms. The standard InChI is InChI=1S/C28H29BrF3N7O/c29-22-16-34-27-24(35-26(36-27)21-4-1-19(2-5-21)17-38-11-13-40-14-12-38)25(22)39-9-7-37(8-10-39)18-20-3-6-23(33-15-20)28(30,31)32/h1-6,15-16H,7-14,17-18H2,(H,34,35,36). The number of anilines is 1. The van der Waals surface area contributed by atoms with Crippen LogP contribution < -0.4 is 4.90 Å². The van der Waals surface area contributed by atoms with E-state index in [2.05, 4.69) is 69.8 Å². The number of aromatic nitrogens is 4. The summed E-state index contributed by atoms with van der Waals surface area (Å²) in [6, 6.07) is 11.0.